The van der Waals surface area contributed by atoms with Crippen LogP contribution in [0.15, 0.2) is 24.3 Å². The zero-order valence-corrected chi connectivity index (χ0v) is 12.2. The van der Waals surface area contributed by atoms with Crippen LogP contribution in [0.3, 0.4) is 0 Å². The Balaban J connectivity index is 1.70. The lowest BCUT2D eigenvalue weighted by Gasteiger charge is -2.26. The molecule has 2 rings (SSSR count). The lowest BCUT2D eigenvalue weighted by atomic mass is 10.0. The van der Waals surface area contributed by atoms with Gasteiger partial charge in [-0.15, -0.1) is 0 Å². The number of hydrogen-bond acceptors (Lipinski definition) is 3. The standard InChI is InChI=1S/C16H26N2O/c1-14(2)13-15-3-5-16(6-4-15)17-7-8-18-9-11-19-12-10-18/h3-6,14,17H,7-13H2,1-2H3. The summed E-state index contributed by atoms with van der Waals surface area (Å²) >= 11 is 0. The Labute approximate surface area is 116 Å². The van der Waals surface area contributed by atoms with E-state index in [0.717, 1.165) is 51.7 Å². The Morgan fingerprint density at radius 1 is 1.16 bits per heavy atom. The van der Waals surface area contributed by atoms with Gasteiger partial charge in [-0.3, -0.25) is 4.90 Å². The van der Waals surface area contributed by atoms with Crippen LogP contribution in [0, 0.1) is 5.92 Å². The molecule has 0 amide bonds. The maximum Gasteiger partial charge on any atom is 0.0594 e. The quantitative estimate of drug-likeness (QED) is 0.853. The summed E-state index contributed by atoms with van der Waals surface area (Å²) in [5.74, 6) is 0.722. The number of rotatable bonds is 6. The first-order chi connectivity index (χ1) is 9.24. The molecule has 0 atom stereocenters. The van der Waals surface area contributed by atoms with Gasteiger partial charge in [-0.2, -0.15) is 0 Å². The average Bonchev–Trinajstić information content (AvgIpc) is 2.41. The SMILES string of the molecule is CC(C)Cc1ccc(NCCN2CCOCC2)cc1. The highest BCUT2D eigenvalue weighted by molar-refractivity contribution is 5.44. The molecule has 0 bridgehead atoms. The summed E-state index contributed by atoms with van der Waals surface area (Å²) in [6.07, 6.45) is 1.16. The fourth-order valence-electron chi connectivity index (χ4n) is 2.41. The lowest BCUT2D eigenvalue weighted by Crippen LogP contribution is -2.38. The van der Waals surface area contributed by atoms with Gasteiger partial charge in [-0.1, -0.05) is 26.0 Å². The second kappa shape index (κ2) is 7.51. The van der Waals surface area contributed by atoms with E-state index < -0.39 is 0 Å². The van der Waals surface area contributed by atoms with Crippen molar-refractivity contribution in [3.8, 4) is 0 Å². The fourth-order valence-corrected chi connectivity index (χ4v) is 2.41. The number of ether oxygens (including phenoxy) is 1. The summed E-state index contributed by atoms with van der Waals surface area (Å²) in [6, 6.07) is 8.85. The van der Waals surface area contributed by atoms with Gasteiger partial charge in [0.15, 0.2) is 0 Å². The summed E-state index contributed by atoms with van der Waals surface area (Å²) in [5.41, 5.74) is 2.65. The number of morpholine rings is 1. The molecule has 3 heteroatoms. The largest absolute Gasteiger partial charge is 0.384 e. The Bertz CT molecular complexity index is 356. The summed E-state index contributed by atoms with van der Waals surface area (Å²) in [4.78, 5) is 2.45. The molecule has 19 heavy (non-hydrogen) atoms. The van der Waals surface area contributed by atoms with E-state index in [1.807, 2.05) is 0 Å². The molecule has 1 aromatic rings. The smallest absolute Gasteiger partial charge is 0.0594 e. The van der Waals surface area contributed by atoms with Gasteiger partial charge < -0.3 is 10.1 Å². The molecule has 0 aliphatic carbocycles. The topological polar surface area (TPSA) is 24.5 Å². The Kier molecular flexibility index (Phi) is 5.67. The molecule has 0 radical (unpaired) electrons. The van der Waals surface area contributed by atoms with Gasteiger partial charge >= 0.3 is 0 Å². The Morgan fingerprint density at radius 2 is 1.84 bits per heavy atom. The van der Waals surface area contributed by atoms with Crippen LogP contribution < -0.4 is 5.32 Å². The van der Waals surface area contributed by atoms with Gasteiger partial charge in [-0.05, 0) is 30.0 Å². The second-order valence-corrected chi connectivity index (χ2v) is 5.68. The van der Waals surface area contributed by atoms with Crippen LogP contribution >= 0.6 is 0 Å². The minimum Gasteiger partial charge on any atom is -0.384 e. The maximum atomic E-state index is 5.35. The van der Waals surface area contributed by atoms with Crippen LogP contribution in [-0.2, 0) is 11.2 Å². The average molecular weight is 262 g/mol. The van der Waals surface area contributed by atoms with Crippen molar-refractivity contribution < 1.29 is 4.74 Å². The molecule has 1 saturated heterocycles. The van der Waals surface area contributed by atoms with Gasteiger partial charge in [0.25, 0.3) is 0 Å². The first kappa shape index (κ1) is 14.4. The van der Waals surface area contributed by atoms with Crippen LogP contribution in [0.1, 0.15) is 19.4 Å². The van der Waals surface area contributed by atoms with Crippen molar-refractivity contribution >= 4 is 5.69 Å². The van der Waals surface area contributed by atoms with E-state index in [0.29, 0.717) is 0 Å². The number of hydrogen-bond donors (Lipinski definition) is 1. The third-order valence-corrected chi connectivity index (χ3v) is 3.46. The minimum atomic E-state index is 0.722. The highest BCUT2D eigenvalue weighted by Gasteiger charge is 2.08. The summed E-state index contributed by atoms with van der Waals surface area (Å²) < 4.78 is 5.35. The van der Waals surface area contributed by atoms with E-state index in [1.165, 1.54) is 11.3 Å². The van der Waals surface area contributed by atoms with Crippen molar-refractivity contribution in [1.82, 2.24) is 4.90 Å². The molecule has 106 valence electrons. The first-order valence-electron chi connectivity index (χ1n) is 7.37. The van der Waals surface area contributed by atoms with Crippen LogP contribution in [0.2, 0.25) is 0 Å². The van der Waals surface area contributed by atoms with Crippen molar-refractivity contribution in [2.75, 3.05) is 44.7 Å². The van der Waals surface area contributed by atoms with E-state index >= 15 is 0 Å². The Hall–Kier alpha value is -1.06. The van der Waals surface area contributed by atoms with Crippen LogP contribution in [0.25, 0.3) is 0 Å². The molecule has 0 spiro atoms. The van der Waals surface area contributed by atoms with E-state index in [-0.39, 0.29) is 0 Å². The highest BCUT2D eigenvalue weighted by atomic mass is 16.5. The lowest BCUT2D eigenvalue weighted by molar-refractivity contribution is 0.0398. The molecule has 1 aromatic carbocycles. The zero-order chi connectivity index (χ0) is 13.5. The van der Waals surface area contributed by atoms with E-state index in [9.17, 15) is 0 Å². The summed E-state index contributed by atoms with van der Waals surface area (Å²) in [5, 5.41) is 3.49. The number of nitrogens with one attached hydrogen (secondary N) is 1. The molecule has 1 aliphatic heterocycles. The first-order valence-corrected chi connectivity index (χ1v) is 7.37. The summed E-state index contributed by atoms with van der Waals surface area (Å²) in [6.45, 7) is 10.5. The van der Waals surface area contributed by atoms with Crippen molar-refractivity contribution in [2.24, 2.45) is 5.92 Å². The molecule has 3 nitrogen and oxygen atoms in total. The highest BCUT2D eigenvalue weighted by Crippen LogP contribution is 2.12. The second-order valence-electron chi connectivity index (χ2n) is 5.68. The molecule has 1 fully saturated rings. The molecule has 0 unspecified atom stereocenters. The number of benzene rings is 1. The van der Waals surface area contributed by atoms with Crippen LogP contribution in [0.4, 0.5) is 5.69 Å². The maximum absolute atomic E-state index is 5.35. The van der Waals surface area contributed by atoms with Gasteiger partial charge in [0, 0.05) is 31.9 Å². The van der Waals surface area contributed by atoms with Crippen molar-refractivity contribution in [2.45, 2.75) is 20.3 Å². The molecule has 1 heterocycles. The monoisotopic (exact) mass is 262 g/mol. The van der Waals surface area contributed by atoms with Crippen molar-refractivity contribution in [3.63, 3.8) is 0 Å². The molecule has 0 saturated carbocycles. The Morgan fingerprint density at radius 3 is 2.47 bits per heavy atom. The van der Waals surface area contributed by atoms with Crippen molar-refractivity contribution in [3.05, 3.63) is 29.8 Å². The third kappa shape index (κ3) is 5.21. The predicted octanol–water partition coefficient (Wildman–Crippen LogP) is 2.63. The van der Waals surface area contributed by atoms with Crippen LogP contribution in [0.5, 0.6) is 0 Å². The number of nitrogens with zero attached hydrogens (tertiary/aromatic N) is 1. The van der Waals surface area contributed by atoms with Gasteiger partial charge in [0.05, 0.1) is 13.2 Å². The zero-order valence-electron chi connectivity index (χ0n) is 12.2. The van der Waals surface area contributed by atoms with Gasteiger partial charge in [0.2, 0.25) is 0 Å². The van der Waals surface area contributed by atoms with Gasteiger partial charge in [-0.25, -0.2) is 0 Å². The molecule has 1 N–H and O–H groups in total. The van der Waals surface area contributed by atoms with E-state index in [1.54, 1.807) is 0 Å². The fraction of sp³-hybridized carbons (Fsp3) is 0.625. The van der Waals surface area contributed by atoms with E-state index in [2.05, 4.69) is 48.3 Å². The normalized spacial score (nSPS) is 16.8. The molecular formula is C16H26N2O. The third-order valence-electron chi connectivity index (χ3n) is 3.46. The van der Waals surface area contributed by atoms with Crippen molar-refractivity contribution in [1.29, 1.82) is 0 Å². The predicted molar refractivity (Wildman–Crippen MR) is 80.7 cm³/mol. The number of anilines is 1. The molecule has 0 aromatic heterocycles. The van der Waals surface area contributed by atoms with E-state index in [4.69, 9.17) is 4.74 Å². The minimum absolute atomic E-state index is 0.722. The molecular weight excluding hydrogens is 236 g/mol. The van der Waals surface area contributed by atoms with Gasteiger partial charge in [0.1, 0.15) is 0 Å². The summed E-state index contributed by atoms with van der Waals surface area (Å²) in [7, 11) is 0. The molecule has 1 aliphatic rings. The van der Waals surface area contributed by atoms with Crippen LogP contribution in [-0.4, -0.2) is 44.3 Å².